The third-order valence-corrected chi connectivity index (χ3v) is 2.59. The van der Waals surface area contributed by atoms with E-state index in [-0.39, 0.29) is 5.56 Å². The van der Waals surface area contributed by atoms with Crippen LogP contribution in [-0.2, 0) is 0 Å². The Bertz CT molecular complexity index is 660. The number of hydrogen-bond donors (Lipinski definition) is 1. The highest BCUT2D eigenvalue weighted by Gasteiger charge is 2.14. The van der Waals surface area contributed by atoms with Crippen molar-refractivity contribution in [1.82, 2.24) is 15.2 Å². The fraction of sp³-hybridized carbons (Fsp3) is 0.0909. The molecule has 0 fully saturated rings. The first kappa shape index (κ1) is 9.21. The topological polar surface area (TPSA) is 41.6 Å². The summed E-state index contributed by atoms with van der Waals surface area (Å²) in [6.45, 7) is 0. The molecule has 0 unspecified atom stereocenters. The van der Waals surface area contributed by atoms with Crippen LogP contribution in [0, 0.1) is 0 Å². The molecule has 0 saturated carbocycles. The van der Waals surface area contributed by atoms with Crippen LogP contribution >= 0.6 is 0 Å². The van der Waals surface area contributed by atoms with Gasteiger partial charge >= 0.3 is 0 Å². The van der Waals surface area contributed by atoms with Crippen LogP contribution in [0.5, 0.6) is 0 Å². The first-order valence-corrected chi connectivity index (χ1v) is 4.76. The molecule has 0 saturated heterocycles. The molecule has 5 heteroatoms. The van der Waals surface area contributed by atoms with Gasteiger partial charge in [0.15, 0.2) is 5.65 Å². The molecule has 1 aromatic carbocycles. The maximum atomic E-state index is 12.9. The minimum atomic E-state index is -2.50. The van der Waals surface area contributed by atoms with Gasteiger partial charge in [0.1, 0.15) is 0 Å². The molecule has 0 atom stereocenters. The zero-order valence-electron chi connectivity index (χ0n) is 8.11. The van der Waals surface area contributed by atoms with E-state index in [1.807, 2.05) is 0 Å². The Morgan fingerprint density at radius 3 is 2.88 bits per heavy atom. The van der Waals surface area contributed by atoms with Crippen molar-refractivity contribution in [3.8, 4) is 0 Å². The van der Waals surface area contributed by atoms with E-state index in [1.54, 1.807) is 18.3 Å². The van der Waals surface area contributed by atoms with E-state index in [4.69, 9.17) is 0 Å². The van der Waals surface area contributed by atoms with Gasteiger partial charge in [0.2, 0.25) is 0 Å². The molecule has 0 amide bonds. The second-order valence-corrected chi connectivity index (χ2v) is 3.50. The summed E-state index contributed by atoms with van der Waals surface area (Å²) in [7, 11) is 0. The smallest absolute Gasteiger partial charge is 0.261 e. The molecular formula is C11H7F2N3. The molecule has 16 heavy (non-hydrogen) atoms. The van der Waals surface area contributed by atoms with Gasteiger partial charge in [-0.3, -0.25) is 5.10 Å². The Kier molecular flexibility index (Phi) is 1.86. The zero-order valence-corrected chi connectivity index (χ0v) is 8.11. The molecule has 0 aliphatic carbocycles. The van der Waals surface area contributed by atoms with E-state index in [0.717, 1.165) is 0 Å². The SMILES string of the molecule is FC(F)c1cccc2cnc3[nH]ncc3c12. The van der Waals surface area contributed by atoms with Gasteiger partial charge in [-0.25, -0.2) is 13.8 Å². The predicted molar refractivity (Wildman–Crippen MR) is 56.4 cm³/mol. The molecule has 3 nitrogen and oxygen atoms in total. The minimum absolute atomic E-state index is 0.0197. The second-order valence-electron chi connectivity index (χ2n) is 3.50. The molecular weight excluding hydrogens is 212 g/mol. The van der Waals surface area contributed by atoms with E-state index in [9.17, 15) is 8.78 Å². The monoisotopic (exact) mass is 219 g/mol. The third-order valence-electron chi connectivity index (χ3n) is 2.59. The number of nitrogens with zero attached hydrogens (tertiary/aromatic N) is 2. The summed E-state index contributed by atoms with van der Waals surface area (Å²) in [4.78, 5) is 4.11. The van der Waals surface area contributed by atoms with Crippen LogP contribution in [0.25, 0.3) is 21.8 Å². The molecule has 2 heterocycles. The van der Waals surface area contributed by atoms with Crippen LogP contribution in [0.2, 0.25) is 0 Å². The number of fused-ring (bicyclic) bond motifs is 3. The average Bonchev–Trinajstić information content (AvgIpc) is 2.76. The number of pyridine rings is 1. The summed E-state index contributed by atoms with van der Waals surface area (Å²) >= 11 is 0. The lowest BCUT2D eigenvalue weighted by atomic mass is 10.0. The number of nitrogens with one attached hydrogen (secondary N) is 1. The quantitative estimate of drug-likeness (QED) is 0.683. The minimum Gasteiger partial charge on any atom is -0.261 e. The lowest BCUT2D eigenvalue weighted by Gasteiger charge is -2.05. The molecule has 1 N–H and O–H groups in total. The van der Waals surface area contributed by atoms with Gasteiger partial charge in [-0.1, -0.05) is 18.2 Å². The van der Waals surface area contributed by atoms with Crippen molar-refractivity contribution < 1.29 is 8.78 Å². The van der Waals surface area contributed by atoms with Gasteiger partial charge in [0.25, 0.3) is 6.43 Å². The van der Waals surface area contributed by atoms with Crippen molar-refractivity contribution in [2.45, 2.75) is 6.43 Å². The number of hydrogen-bond acceptors (Lipinski definition) is 2. The number of aromatic nitrogens is 3. The number of alkyl halides is 2. The van der Waals surface area contributed by atoms with Gasteiger partial charge in [0.05, 0.1) is 6.20 Å². The summed E-state index contributed by atoms with van der Waals surface area (Å²) in [5, 5.41) is 8.35. The fourth-order valence-electron chi connectivity index (χ4n) is 1.88. The molecule has 2 aromatic heterocycles. The second kappa shape index (κ2) is 3.23. The predicted octanol–water partition coefficient (Wildman–Crippen LogP) is 3.05. The number of rotatable bonds is 1. The van der Waals surface area contributed by atoms with Crippen LogP contribution in [0.1, 0.15) is 12.0 Å². The Morgan fingerprint density at radius 1 is 1.19 bits per heavy atom. The molecule has 3 aromatic rings. The summed E-state index contributed by atoms with van der Waals surface area (Å²) in [6.07, 6.45) is 0.599. The van der Waals surface area contributed by atoms with E-state index in [2.05, 4.69) is 15.2 Å². The summed E-state index contributed by atoms with van der Waals surface area (Å²) in [6, 6.07) is 4.80. The maximum Gasteiger partial charge on any atom is 0.264 e. The largest absolute Gasteiger partial charge is 0.264 e. The van der Waals surface area contributed by atoms with Crippen LogP contribution in [0.4, 0.5) is 8.78 Å². The average molecular weight is 219 g/mol. The first-order valence-electron chi connectivity index (χ1n) is 4.76. The van der Waals surface area contributed by atoms with Crippen LogP contribution in [0.15, 0.2) is 30.6 Å². The number of benzene rings is 1. The van der Waals surface area contributed by atoms with Gasteiger partial charge in [-0.2, -0.15) is 5.10 Å². The van der Waals surface area contributed by atoms with E-state index < -0.39 is 6.43 Å². The maximum absolute atomic E-state index is 12.9. The molecule has 0 bridgehead atoms. The summed E-state index contributed by atoms with van der Waals surface area (Å²) in [5.74, 6) is 0. The van der Waals surface area contributed by atoms with Crippen molar-refractivity contribution in [3.63, 3.8) is 0 Å². The highest BCUT2D eigenvalue weighted by molar-refractivity contribution is 6.05. The normalized spacial score (nSPS) is 11.7. The zero-order chi connectivity index (χ0) is 11.1. The van der Waals surface area contributed by atoms with Gasteiger partial charge < -0.3 is 0 Å². The molecule has 0 radical (unpaired) electrons. The van der Waals surface area contributed by atoms with Crippen LogP contribution < -0.4 is 0 Å². The fourth-order valence-corrected chi connectivity index (χ4v) is 1.88. The van der Waals surface area contributed by atoms with Crippen molar-refractivity contribution in [3.05, 3.63) is 36.2 Å². The van der Waals surface area contributed by atoms with Crippen molar-refractivity contribution >= 4 is 21.8 Å². The third kappa shape index (κ3) is 1.18. The van der Waals surface area contributed by atoms with Gasteiger partial charge in [0, 0.05) is 27.9 Å². The molecule has 80 valence electrons. The van der Waals surface area contributed by atoms with Crippen molar-refractivity contribution in [2.75, 3.05) is 0 Å². The van der Waals surface area contributed by atoms with Gasteiger partial charge in [-0.15, -0.1) is 0 Å². The highest BCUT2D eigenvalue weighted by atomic mass is 19.3. The Labute approximate surface area is 89.1 Å². The Hall–Kier alpha value is -2.04. The number of H-pyrrole nitrogens is 1. The summed E-state index contributed by atoms with van der Waals surface area (Å²) in [5.41, 5.74) is 0.548. The van der Waals surface area contributed by atoms with E-state index in [1.165, 1.54) is 12.3 Å². The van der Waals surface area contributed by atoms with Crippen LogP contribution in [0.3, 0.4) is 0 Å². The standard InChI is InChI=1S/C11H7F2N3/c12-10(13)7-3-1-2-6-4-14-11-8(9(6)7)5-15-16-11/h1-5,10H,(H,14,15,16). The van der Waals surface area contributed by atoms with E-state index in [0.29, 0.717) is 21.8 Å². The number of aromatic amines is 1. The molecule has 0 aliphatic rings. The van der Waals surface area contributed by atoms with Crippen LogP contribution in [-0.4, -0.2) is 15.2 Å². The van der Waals surface area contributed by atoms with E-state index >= 15 is 0 Å². The Balaban J connectivity index is 2.54. The molecule has 0 aliphatic heterocycles. The van der Waals surface area contributed by atoms with Crippen molar-refractivity contribution in [1.29, 1.82) is 0 Å². The lowest BCUT2D eigenvalue weighted by molar-refractivity contribution is 0.153. The first-order chi connectivity index (χ1) is 7.77. The molecule has 3 rings (SSSR count). The Morgan fingerprint density at radius 2 is 2.06 bits per heavy atom. The lowest BCUT2D eigenvalue weighted by Crippen LogP contribution is -1.88. The molecule has 0 spiro atoms. The van der Waals surface area contributed by atoms with Gasteiger partial charge in [-0.05, 0) is 0 Å². The van der Waals surface area contributed by atoms with Crippen molar-refractivity contribution in [2.24, 2.45) is 0 Å². The number of halogens is 2. The highest BCUT2D eigenvalue weighted by Crippen LogP contribution is 2.31. The summed E-state index contributed by atoms with van der Waals surface area (Å²) < 4.78 is 25.8.